The van der Waals surface area contributed by atoms with Crippen LogP contribution in [0.1, 0.15) is 92.3 Å². The number of nitrogens with zero attached hydrogens (tertiary/aromatic N) is 1. The van der Waals surface area contributed by atoms with Gasteiger partial charge in [-0.25, -0.2) is 0 Å². The first-order valence-corrected chi connectivity index (χ1v) is 9.62. The smallest absolute Gasteiger partial charge is 0.227 e. The molecule has 1 atom stereocenters. The highest BCUT2D eigenvalue weighted by Crippen LogP contribution is 2.44. The molecule has 1 saturated heterocycles. The fourth-order valence-electron chi connectivity index (χ4n) is 3.60. The van der Waals surface area contributed by atoms with Crippen LogP contribution >= 0.6 is 0 Å². The van der Waals surface area contributed by atoms with Gasteiger partial charge in [0.2, 0.25) is 5.91 Å². The number of carbonyl (C=O) groups is 1. The maximum atomic E-state index is 12.8. The monoisotopic (exact) mass is 343 g/mol. The Labute approximate surface area is 155 Å². The predicted molar refractivity (Wildman–Crippen MR) is 109 cm³/mol. The maximum Gasteiger partial charge on any atom is 0.227 e. The zero-order valence-corrected chi connectivity index (χ0v) is 18.0. The fourth-order valence-corrected chi connectivity index (χ4v) is 3.60. The molecular weight excluding hydrogens is 306 g/mol. The molecule has 2 nitrogen and oxygen atoms in total. The van der Waals surface area contributed by atoms with Gasteiger partial charge in [0.1, 0.15) is 0 Å². The van der Waals surface area contributed by atoms with Crippen LogP contribution in [0.2, 0.25) is 0 Å². The minimum Gasteiger partial charge on any atom is -0.312 e. The van der Waals surface area contributed by atoms with E-state index in [4.69, 9.17) is 0 Å². The fraction of sp³-hybridized carbons (Fsp3) is 0.696. The van der Waals surface area contributed by atoms with Crippen LogP contribution < -0.4 is 4.90 Å². The molecule has 1 fully saturated rings. The van der Waals surface area contributed by atoms with Gasteiger partial charge in [0.15, 0.2) is 0 Å². The number of rotatable bonds is 1. The summed E-state index contributed by atoms with van der Waals surface area (Å²) in [6.07, 6.45) is 0.661. The van der Waals surface area contributed by atoms with Crippen molar-refractivity contribution >= 4 is 11.6 Å². The van der Waals surface area contributed by atoms with E-state index in [-0.39, 0.29) is 22.2 Å². The number of benzene rings is 1. The van der Waals surface area contributed by atoms with Gasteiger partial charge >= 0.3 is 0 Å². The minimum absolute atomic E-state index is 0.0112. The van der Waals surface area contributed by atoms with Crippen molar-refractivity contribution in [2.45, 2.75) is 91.9 Å². The van der Waals surface area contributed by atoms with Gasteiger partial charge in [-0.2, -0.15) is 0 Å². The number of hydrogen-bond donors (Lipinski definition) is 0. The Morgan fingerprint density at radius 3 is 1.56 bits per heavy atom. The summed E-state index contributed by atoms with van der Waals surface area (Å²) in [6, 6.07) is 4.70. The van der Waals surface area contributed by atoms with Crippen LogP contribution in [-0.2, 0) is 21.0 Å². The molecule has 1 aliphatic rings. The summed E-state index contributed by atoms with van der Waals surface area (Å²) in [5, 5.41) is 0. The summed E-state index contributed by atoms with van der Waals surface area (Å²) in [4.78, 5) is 14.8. The van der Waals surface area contributed by atoms with Crippen molar-refractivity contribution in [3.05, 3.63) is 28.8 Å². The Kier molecular flexibility index (Phi) is 4.92. The van der Waals surface area contributed by atoms with E-state index in [0.29, 0.717) is 12.3 Å². The van der Waals surface area contributed by atoms with E-state index in [2.05, 4.69) is 86.3 Å². The number of anilines is 1. The van der Waals surface area contributed by atoms with Gasteiger partial charge in [0, 0.05) is 13.0 Å². The second-order valence-electron chi connectivity index (χ2n) is 11.0. The highest BCUT2D eigenvalue weighted by molar-refractivity contribution is 5.97. The summed E-state index contributed by atoms with van der Waals surface area (Å²) >= 11 is 0. The van der Waals surface area contributed by atoms with Gasteiger partial charge < -0.3 is 4.90 Å². The lowest BCUT2D eigenvalue weighted by Gasteiger charge is -2.36. The molecule has 0 saturated carbocycles. The Balaban J connectivity index is 2.85. The van der Waals surface area contributed by atoms with Crippen molar-refractivity contribution < 1.29 is 4.79 Å². The Bertz CT molecular complexity index is 630. The molecule has 0 radical (unpaired) electrons. The lowest BCUT2D eigenvalue weighted by Crippen LogP contribution is -2.32. The zero-order valence-electron chi connectivity index (χ0n) is 18.0. The molecule has 1 aromatic rings. The Morgan fingerprint density at radius 1 is 0.840 bits per heavy atom. The minimum atomic E-state index is -0.0112. The lowest BCUT2D eigenvalue weighted by molar-refractivity contribution is -0.117. The second kappa shape index (κ2) is 6.14. The molecule has 25 heavy (non-hydrogen) atoms. The summed E-state index contributed by atoms with van der Waals surface area (Å²) in [7, 11) is 0. The summed E-state index contributed by atoms with van der Waals surface area (Å²) in [5.41, 5.74) is 5.18. The largest absolute Gasteiger partial charge is 0.312 e. The highest BCUT2D eigenvalue weighted by Gasteiger charge is 2.36. The maximum absolute atomic E-state index is 12.8. The van der Waals surface area contributed by atoms with E-state index in [1.165, 1.54) is 22.4 Å². The molecule has 0 N–H and O–H groups in total. The third-order valence-corrected chi connectivity index (χ3v) is 5.18. The van der Waals surface area contributed by atoms with Crippen LogP contribution in [0.5, 0.6) is 0 Å². The van der Waals surface area contributed by atoms with E-state index in [9.17, 15) is 4.79 Å². The van der Waals surface area contributed by atoms with Gasteiger partial charge in [-0.15, -0.1) is 0 Å². The topological polar surface area (TPSA) is 20.3 Å². The molecule has 0 aliphatic carbocycles. The summed E-state index contributed by atoms with van der Waals surface area (Å²) in [6.45, 7) is 23.4. The molecule has 1 unspecified atom stereocenters. The first kappa shape index (κ1) is 20.0. The van der Waals surface area contributed by atoms with Crippen molar-refractivity contribution in [2.24, 2.45) is 5.92 Å². The molecule has 0 aromatic heterocycles. The second-order valence-corrected chi connectivity index (χ2v) is 11.0. The number of amides is 1. The van der Waals surface area contributed by atoms with E-state index < -0.39 is 0 Å². The van der Waals surface area contributed by atoms with Gasteiger partial charge in [-0.1, -0.05) is 81.4 Å². The summed E-state index contributed by atoms with van der Waals surface area (Å²) in [5.74, 6) is 0.697. The molecular formula is C23H37NO. The number of hydrogen-bond acceptors (Lipinski definition) is 1. The van der Waals surface area contributed by atoms with E-state index >= 15 is 0 Å². The van der Waals surface area contributed by atoms with Gasteiger partial charge in [0.25, 0.3) is 0 Å². The standard InChI is InChI=1S/C23H37NO/c1-15-11-19(25)24(14-15)20-17(22(5,6)7)12-16(21(2,3)4)13-18(20)23(8,9)10/h12-13,15H,11,14H2,1-10H3. The molecule has 140 valence electrons. The SMILES string of the molecule is CC1CC(=O)N(c2c(C(C)(C)C)cc(C(C)(C)C)cc2C(C)(C)C)C1. The van der Waals surface area contributed by atoms with E-state index in [1.54, 1.807) is 0 Å². The lowest BCUT2D eigenvalue weighted by atomic mass is 9.74. The van der Waals surface area contributed by atoms with Crippen molar-refractivity contribution in [3.8, 4) is 0 Å². The van der Waals surface area contributed by atoms with Crippen molar-refractivity contribution in [3.63, 3.8) is 0 Å². The predicted octanol–water partition coefficient (Wildman–Crippen LogP) is 5.95. The quantitative estimate of drug-likeness (QED) is 0.617. The zero-order chi connectivity index (χ0) is 19.4. The Hall–Kier alpha value is -1.31. The molecule has 1 aliphatic heterocycles. The first-order chi connectivity index (χ1) is 11.1. The van der Waals surface area contributed by atoms with Gasteiger partial charge in [-0.05, 0) is 38.9 Å². The molecule has 0 bridgehead atoms. The van der Waals surface area contributed by atoms with Gasteiger partial charge in [-0.3, -0.25) is 4.79 Å². The third-order valence-electron chi connectivity index (χ3n) is 5.18. The van der Waals surface area contributed by atoms with Crippen LogP contribution in [0.25, 0.3) is 0 Å². The van der Waals surface area contributed by atoms with Gasteiger partial charge in [0.05, 0.1) is 5.69 Å². The molecule has 2 heteroatoms. The van der Waals surface area contributed by atoms with Crippen LogP contribution in [0.4, 0.5) is 5.69 Å². The molecule has 0 spiro atoms. The first-order valence-electron chi connectivity index (χ1n) is 9.62. The normalized spacial score (nSPS) is 19.7. The van der Waals surface area contributed by atoms with Crippen molar-refractivity contribution in [1.29, 1.82) is 0 Å². The van der Waals surface area contributed by atoms with Crippen LogP contribution in [0.3, 0.4) is 0 Å². The van der Waals surface area contributed by atoms with Crippen molar-refractivity contribution in [2.75, 3.05) is 11.4 Å². The molecule has 1 aromatic carbocycles. The van der Waals surface area contributed by atoms with Crippen LogP contribution in [0, 0.1) is 5.92 Å². The van der Waals surface area contributed by atoms with E-state index in [0.717, 1.165) is 6.54 Å². The Morgan fingerprint density at radius 2 is 1.28 bits per heavy atom. The molecule has 1 amide bonds. The van der Waals surface area contributed by atoms with Crippen molar-refractivity contribution in [1.82, 2.24) is 0 Å². The third kappa shape index (κ3) is 4.10. The molecule has 2 rings (SSSR count). The highest BCUT2D eigenvalue weighted by atomic mass is 16.2. The number of carbonyl (C=O) groups excluding carboxylic acids is 1. The summed E-state index contributed by atoms with van der Waals surface area (Å²) < 4.78 is 0. The van der Waals surface area contributed by atoms with E-state index in [1.807, 2.05) is 0 Å². The average molecular weight is 344 g/mol. The van der Waals surface area contributed by atoms with Crippen LogP contribution in [-0.4, -0.2) is 12.5 Å². The molecule has 1 heterocycles. The average Bonchev–Trinajstić information content (AvgIpc) is 2.72. The van der Waals surface area contributed by atoms with Crippen LogP contribution in [0.15, 0.2) is 12.1 Å².